The zero-order chi connectivity index (χ0) is 15.5. The first-order valence-electron chi connectivity index (χ1n) is 8.05. The summed E-state index contributed by atoms with van der Waals surface area (Å²) in [6.07, 6.45) is 7.59. The largest absolute Gasteiger partial charge is 0.388 e. The van der Waals surface area contributed by atoms with Crippen LogP contribution in [0.25, 0.3) is 0 Å². The Bertz CT molecular complexity index is 282. The van der Waals surface area contributed by atoms with E-state index in [1.807, 2.05) is 0 Å². The van der Waals surface area contributed by atoms with Gasteiger partial charge < -0.3 is 24.8 Å². The number of allylic oxidation sites excluding steroid dienone is 2. The Morgan fingerprint density at radius 2 is 1.95 bits per heavy atom. The van der Waals surface area contributed by atoms with E-state index >= 15 is 0 Å². The maximum Gasteiger partial charge on any atom is 0.114 e. The van der Waals surface area contributed by atoms with Crippen molar-refractivity contribution in [1.29, 1.82) is 0 Å². The molecule has 0 amide bonds. The molecule has 1 saturated heterocycles. The van der Waals surface area contributed by atoms with E-state index in [1.165, 1.54) is 12.8 Å². The smallest absolute Gasteiger partial charge is 0.114 e. The number of unbranched alkanes of at least 4 members (excludes halogenated alkanes) is 4. The van der Waals surface area contributed by atoms with Crippen molar-refractivity contribution in [3.05, 3.63) is 12.2 Å². The third-order valence-electron chi connectivity index (χ3n) is 3.67. The molecule has 0 bridgehead atoms. The van der Waals surface area contributed by atoms with Crippen LogP contribution in [0.1, 0.15) is 45.4 Å². The molecule has 0 aromatic carbocycles. The second kappa shape index (κ2) is 11.2. The lowest BCUT2D eigenvalue weighted by Gasteiger charge is -2.20. The van der Waals surface area contributed by atoms with Crippen molar-refractivity contribution < 1.29 is 24.8 Å². The first-order chi connectivity index (χ1) is 10.2. The maximum absolute atomic E-state index is 9.83. The lowest BCUT2D eigenvalue weighted by Crippen LogP contribution is -2.40. The summed E-state index contributed by atoms with van der Waals surface area (Å²) < 4.78 is 10.5. The van der Waals surface area contributed by atoms with Crippen LogP contribution in [0.3, 0.4) is 0 Å². The lowest BCUT2D eigenvalue weighted by atomic mass is 10.1. The van der Waals surface area contributed by atoms with Crippen molar-refractivity contribution in [3.63, 3.8) is 0 Å². The lowest BCUT2D eigenvalue weighted by molar-refractivity contribution is -0.0813. The first-order valence-corrected chi connectivity index (χ1v) is 8.05. The van der Waals surface area contributed by atoms with Gasteiger partial charge in [0.2, 0.25) is 0 Å². The van der Waals surface area contributed by atoms with Gasteiger partial charge in [-0.15, -0.1) is 0 Å². The van der Waals surface area contributed by atoms with Crippen LogP contribution in [0, 0.1) is 0 Å². The normalized spacial score (nSPS) is 27.5. The molecule has 21 heavy (non-hydrogen) atoms. The molecule has 0 aromatic heterocycles. The summed E-state index contributed by atoms with van der Waals surface area (Å²) in [5, 5.41) is 28.8. The van der Waals surface area contributed by atoms with Gasteiger partial charge in [-0.05, 0) is 25.7 Å². The van der Waals surface area contributed by atoms with E-state index in [2.05, 4.69) is 19.1 Å². The van der Waals surface area contributed by atoms with Crippen LogP contribution in [0.2, 0.25) is 0 Å². The molecule has 1 rings (SSSR count). The van der Waals surface area contributed by atoms with Gasteiger partial charge in [0.15, 0.2) is 0 Å². The van der Waals surface area contributed by atoms with E-state index in [9.17, 15) is 15.3 Å². The Morgan fingerprint density at radius 3 is 2.62 bits per heavy atom. The fourth-order valence-electron chi connectivity index (χ4n) is 2.37. The number of ether oxygens (including phenoxy) is 2. The standard InChI is InChI=1S/C16H30O5/c1-2-3-4-5-6-7-8-9-10-20-11-14(18)16-15(19)13(17)12-21-16/h3-4,13-19H,2,5-12H2,1H3/b4-3+/t13-,14+,15-,16-/m1/s1. The van der Waals surface area contributed by atoms with E-state index in [0.29, 0.717) is 6.61 Å². The molecular weight excluding hydrogens is 272 g/mol. The quantitative estimate of drug-likeness (QED) is 0.397. The molecule has 0 saturated carbocycles. The molecule has 0 aliphatic carbocycles. The Kier molecular flexibility index (Phi) is 9.87. The van der Waals surface area contributed by atoms with Crippen molar-refractivity contribution in [1.82, 2.24) is 0 Å². The molecule has 4 atom stereocenters. The predicted molar refractivity (Wildman–Crippen MR) is 81.1 cm³/mol. The Hall–Kier alpha value is -0.460. The van der Waals surface area contributed by atoms with Gasteiger partial charge in [0.05, 0.1) is 13.2 Å². The minimum absolute atomic E-state index is 0.0649. The van der Waals surface area contributed by atoms with Crippen LogP contribution in [-0.2, 0) is 9.47 Å². The molecule has 0 aromatic rings. The number of hydrogen-bond acceptors (Lipinski definition) is 5. The summed E-state index contributed by atoms with van der Waals surface area (Å²) in [7, 11) is 0. The van der Waals surface area contributed by atoms with Crippen LogP contribution >= 0.6 is 0 Å². The van der Waals surface area contributed by atoms with Gasteiger partial charge >= 0.3 is 0 Å². The molecule has 3 N–H and O–H groups in total. The van der Waals surface area contributed by atoms with Gasteiger partial charge in [0.25, 0.3) is 0 Å². The van der Waals surface area contributed by atoms with Crippen LogP contribution in [0.5, 0.6) is 0 Å². The van der Waals surface area contributed by atoms with Crippen LogP contribution in [-0.4, -0.2) is 59.6 Å². The summed E-state index contributed by atoms with van der Waals surface area (Å²) in [4.78, 5) is 0. The maximum atomic E-state index is 9.83. The van der Waals surface area contributed by atoms with Gasteiger partial charge in [-0.1, -0.05) is 31.9 Å². The summed E-state index contributed by atoms with van der Waals surface area (Å²) in [5.41, 5.74) is 0. The van der Waals surface area contributed by atoms with E-state index in [0.717, 1.165) is 25.7 Å². The van der Waals surface area contributed by atoms with Crippen molar-refractivity contribution in [3.8, 4) is 0 Å². The number of aliphatic hydroxyl groups is 3. The van der Waals surface area contributed by atoms with E-state index in [-0.39, 0.29) is 13.2 Å². The van der Waals surface area contributed by atoms with Crippen LogP contribution in [0.4, 0.5) is 0 Å². The molecule has 1 heterocycles. The van der Waals surface area contributed by atoms with Crippen LogP contribution < -0.4 is 0 Å². The number of hydrogen-bond donors (Lipinski definition) is 3. The molecule has 124 valence electrons. The third-order valence-corrected chi connectivity index (χ3v) is 3.67. The monoisotopic (exact) mass is 302 g/mol. The summed E-state index contributed by atoms with van der Waals surface area (Å²) in [6, 6.07) is 0. The number of aliphatic hydroxyl groups excluding tert-OH is 3. The highest BCUT2D eigenvalue weighted by Crippen LogP contribution is 2.17. The Morgan fingerprint density at radius 1 is 1.19 bits per heavy atom. The summed E-state index contributed by atoms with van der Waals surface area (Å²) in [6.45, 7) is 2.94. The zero-order valence-corrected chi connectivity index (χ0v) is 13.0. The van der Waals surface area contributed by atoms with Crippen molar-refractivity contribution in [2.75, 3.05) is 19.8 Å². The molecule has 1 aliphatic heterocycles. The average molecular weight is 302 g/mol. The molecule has 5 nitrogen and oxygen atoms in total. The highest BCUT2D eigenvalue weighted by molar-refractivity contribution is 4.87. The Labute approximate surface area is 127 Å². The molecule has 5 heteroatoms. The van der Waals surface area contributed by atoms with Crippen molar-refractivity contribution in [2.45, 2.75) is 69.9 Å². The molecule has 1 fully saturated rings. The molecular formula is C16H30O5. The molecule has 0 unspecified atom stereocenters. The number of rotatable bonds is 11. The highest BCUT2D eigenvalue weighted by atomic mass is 16.5. The fraction of sp³-hybridized carbons (Fsp3) is 0.875. The summed E-state index contributed by atoms with van der Waals surface area (Å²) in [5.74, 6) is 0. The average Bonchev–Trinajstić information content (AvgIpc) is 2.81. The second-order valence-electron chi connectivity index (χ2n) is 5.58. The predicted octanol–water partition coefficient (Wildman–Crippen LogP) is 1.40. The first kappa shape index (κ1) is 18.6. The van der Waals surface area contributed by atoms with E-state index < -0.39 is 24.4 Å². The van der Waals surface area contributed by atoms with Crippen molar-refractivity contribution >= 4 is 0 Å². The van der Waals surface area contributed by atoms with Gasteiger partial charge in [0, 0.05) is 6.61 Å². The van der Waals surface area contributed by atoms with Crippen LogP contribution in [0.15, 0.2) is 12.2 Å². The Balaban J connectivity index is 1.93. The van der Waals surface area contributed by atoms with Gasteiger partial charge in [0.1, 0.15) is 24.4 Å². The second-order valence-corrected chi connectivity index (χ2v) is 5.58. The zero-order valence-electron chi connectivity index (χ0n) is 13.0. The van der Waals surface area contributed by atoms with Crippen molar-refractivity contribution in [2.24, 2.45) is 0 Å². The third kappa shape index (κ3) is 7.38. The molecule has 1 aliphatic rings. The van der Waals surface area contributed by atoms with E-state index in [4.69, 9.17) is 9.47 Å². The molecule has 0 radical (unpaired) electrons. The van der Waals surface area contributed by atoms with Gasteiger partial charge in [-0.3, -0.25) is 0 Å². The van der Waals surface area contributed by atoms with Gasteiger partial charge in [-0.2, -0.15) is 0 Å². The molecule has 0 spiro atoms. The minimum atomic E-state index is -1.03. The van der Waals surface area contributed by atoms with Gasteiger partial charge in [-0.25, -0.2) is 0 Å². The topological polar surface area (TPSA) is 79.2 Å². The minimum Gasteiger partial charge on any atom is -0.388 e. The van der Waals surface area contributed by atoms with E-state index in [1.54, 1.807) is 0 Å². The summed E-state index contributed by atoms with van der Waals surface area (Å²) >= 11 is 0. The fourth-order valence-corrected chi connectivity index (χ4v) is 2.37. The highest BCUT2D eigenvalue weighted by Gasteiger charge is 2.39. The SMILES string of the molecule is CC/C=C/CCCCCCOC[C@H](O)[C@H]1OC[C@@H](O)[C@H]1O.